The van der Waals surface area contributed by atoms with Gasteiger partial charge in [-0.1, -0.05) is 19.3 Å². The van der Waals surface area contributed by atoms with E-state index in [2.05, 4.69) is 35.0 Å². The molecule has 1 saturated heterocycles. The van der Waals surface area contributed by atoms with Crippen LogP contribution in [0.25, 0.3) is 0 Å². The Kier molecular flexibility index (Phi) is 8.83. The molecule has 6 nitrogen and oxygen atoms in total. The Labute approximate surface area is 168 Å². The van der Waals surface area contributed by atoms with Crippen LogP contribution in [0.1, 0.15) is 36.5 Å². The van der Waals surface area contributed by atoms with Crippen LogP contribution < -0.4 is 10.2 Å². The first-order valence-corrected chi connectivity index (χ1v) is 10.1. The average molecular weight is 385 g/mol. The van der Waals surface area contributed by atoms with E-state index in [1.54, 1.807) is 0 Å². The normalized spacial score (nSPS) is 14.8. The van der Waals surface area contributed by atoms with Gasteiger partial charge in [0.1, 0.15) is 0 Å². The molecule has 0 radical (unpaired) electrons. The number of hydrogen-bond donors (Lipinski definition) is 1. The molecular formula is C22H32N4O2. The molecule has 2 rings (SSSR count). The second-order valence-electron chi connectivity index (χ2n) is 7.22. The van der Waals surface area contributed by atoms with Crippen molar-refractivity contribution in [3.8, 4) is 12.3 Å². The van der Waals surface area contributed by atoms with Crippen molar-refractivity contribution in [2.24, 2.45) is 0 Å². The zero-order valence-corrected chi connectivity index (χ0v) is 17.1. The SMILES string of the molecule is C#CCNC(=O)CN1CCCN(C(=O)c2ccc(N(C)CCCC)cc2)CC1. The van der Waals surface area contributed by atoms with Crippen molar-refractivity contribution < 1.29 is 9.59 Å². The first-order valence-electron chi connectivity index (χ1n) is 10.1. The summed E-state index contributed by atoms with van der Waals surface area (Å²) in [6, 6.07) is 7.86. The zero-order chi connectivity index (χ0) is 20.4. The Hall–Kier alpha value is -2.52. The lowest BCUT2D eigenvalue weighted by molar-refractivity contribution is -0.121. The summed E-state index contributed by atoms with van der Waals surface area (Å²) in [6.07, 6.45) is 8.34. The number of nitrogens with zero attached hydrogens (tertiary/aromatic N) is 3. The van der Waals surface area contributed by atoms with E-state index in [0.29, 0.717) is 31.7 Å². The van der Waals surface area contributed by atoms with Crippen molar-refractivity contribution in [2.45, 2.75) is 26.2 Å². The van der Waals surface area contributed by atoms with Crippen molar-refractivity contribution in [1.29, 1.82) is 0 Å². The first-order chi connectivity index (χ1) is 13.5. The van der Waals surface area contributed by atoms with Crippen LogP contribution in [0, 0.1) is 12.3 Å². The smallest absolute Gasteiger partial charge is 0.253 e. The summed E-state index contributed by atoms with van der Waals surface area (Å²) in [6.45, 7) is 6.59. The van der Waals surface area contributed by atoms with E-state index in [-0.39, 0.29) is 18.4 Å². The van der Waals surface area contributed by atoms with Crippen LogP contribution in [-0.2, 0) is 4.79 Å². The molecular weight excluding hydrogens is 352 g/mol. The predicted molar refractivity (Wildman–Crippen MR) is 113 cm³/mol. The van der Waals surface area contributed by atoms with E-state index < -0.39 is 0 Å². The van der Waals surface area contributed by atoms with Crippen LogP contribution in [0.4, 0.5) is 5.69 Å². The Morgan fingerprint density at radius 1 is 1.18 bits per heavy atom. The lowest BCUT2D eigenvalue weighted by atomic mass is 10.1. The largest absolute Gasteiger partial charge is 0.375 e. The number of anilines is 1. The Bertz CT molecular complexity index is 681. The van der Waals surface area contributed by atoms with Crippen molar-refractivity contribution >= 4 is 17.5 Å². The lowest BCUT2D eigenvalue weighted by Crippen LogP contribution is -2.40. The van der Waals surface area contributed by atoms with Gasteiger partial charge in [-0.2, -0.15) is 0 Å². The highest BCUT2D eigenvalue weighted by molar-refractivity contribution is 5.94. The summed E-state index contributed by atoms with van der Waals surface area (Å²) in [5.41, 5.74) is 1.85. The zero-order valence-electron chi connectivity index (χ0n) is 17.1. The summed E-state index contributed by atoms with van der Waals surface area (Å²) in [7, 11) is 2.08. The van der Waals surface area contributed by atoms with Crippen LogP contribution >= 0.6 is 0 Å². The minimum absolute atomic E-state index is 0.0568. The fourth-order valence-corrected chi connectivity index (χ4v) is 3.31. The van der Waals surface area contributed by atoms with Gasteiger partial charge in [0.25, 0.3) is 5.91 Å². The third-order valence-corrected chi connectivity index (χ3v) is 5.03. The number of nitrogens with one attached hydrogen (secondary N) is 1. The van der Waals surface area contributed by atoms with Crippen molar-refractivity contribution in [2.75, 3.05) is 57.8 Å². The molecule has 1 aliphatic rings. The van der Waals surface area contributed by atoms with Gasteiger partial charge in [-0.15, -0.1) is 6.42 Å². The lowest BCUT2D eigenvalue weighted by Gasteiger charge is -2.22. The molecule has 1 N–H and O–H groups in total. The topological polar surface area (TPSA) is 55.9 Å². The monoisotopic (exact) mass is 384 g/mol. The van der Waals surface area contributed by atoms with E-state index in [0.717, 1.165) is 31.6 Å². The van der Waals surface area contributed by atoms with Crippen LogP contribution in [0.2, 0.25) is 0 Å². The van der Waals surface area contributed by atoms with Gasteiger partial charge in [0, 0.05) is 51.0 Å². The highest BCUT2D eigenvalue weighted by Crippen LogP contribution is 2.16. The number of rotatable bonds is 8. The third kappa shape index (κ3) is 6.58. The fourth-order valence-electron chi connectivity index (χ4n) is 3.31. The van der Waals surface area contributed by atoms with Crippen LogP contribution in [0.15, 0.2) is 24.3 Å². The summed E-state index contributed by atoms with van der Waals surface area (Å²) < 4.78 is 0. The van der Waals surface area contributed by atoms with Gasteiger partial charge in [0.05, 0.1) is 13.1 Å². The molecule has 1 aromatic carbocycles. The molecule has 1 heterocycles. The minimum atomic E-state index is -0.0690. The van der Waals surface area contributed by atoms with E-state index in [9.17, 15) is 9.59 Å². The molecule has 1 aliphatic heterocycles. The molecule has 0 spiro atoms. The molecule has 0 bridgehead atoms. The first kappa shape index (κ1) is 21.8. The fraction of sp³-hybridized carbons (Fsp3) is 0.545. The van der Waals surface area contributed by atoms with Gasteiger partial charge in [-0.3, -0.25) is 14.5 Å². The molecule has 28 heavy (non-hydrogen) atoms. The van der Waals surface area contributed by atoms with E-state index in [4.69, 9.17) is 6.42 Å². The van der Waals surface area contributed by atoms with Crippen molar-refractivity contribution in [1.82, 2.24) is 15.1 Å². The number of terminal acetylenes is 1. The van der Waals surface area contributed by atoms with Crippen LogP contribution in [0.3, 0.4) is 0 Å². The molecule has 152 valence electrons. The summed E-state index contributed by atoms with van der Waals surface area (Å²) in [5.74, 6) is 2.39. The van der Waals surface area contributed by atoms with Crippen molar-refractivity contribution in [3.63, 3.8) is 0 Å². The molecule has 1 aromatic rings. The number of carbonyl (C=O) groups excluding carboxylic acids is 2. The highest BCUT2D eigenvalue weighted by Gasteiger charge is 2.21. The van der Waals surface area contributed by atoms with Gasteiger partial charge in [-0.25, -0.2) is 0 Å². The van der Waals surface area contributed by atoms with E-state index >= 15 is 0 Å². The summed E-state index contributed by atoms with van der Waals surface area (Å²) >= 11 is 0. The molecule has 6 heteroatoms. The Morgan fingerprint density at radius 3 is 2.61 bits per heavy atom. The highest BCUT2D eigenvalue weighted by atomic mass is 16.2. The number of benzene rings is 1. The molecule has 0 unspecified atom stereocenters. The summed E-state index contributed by atoms with van der Waals surface area (Å²) in [5, 5.41) is 2.69. The third-order valence-electron chi connectivity index (χ3n) is 5.03. The van der Waals surface area contributed by atoms with Crippen molar-refractivity contribution in [3.05, 3.63) is 29.8 Å². The maximum atomic E-state index is 12.9. The van der Waals surface area contributed by atoms with Gasteiger partial charge < -0.3 is 15.1 Å². The number of carbonyl (C=O) groups is 2. The maximum absolute atomic E-state index is 12.9. The van der Waals surface area contributed by atoms with E-state index in [1.165, 1.54) is 6.42 Å². The second-order valence-corrected chi connectivity index (χ2v) is 7.22. The van der Waals surface area contributed by atoms with Gasteiger partial charge in [0.2, 0.25) is 5.91 Å². The van der Waals surface area contributed by atoms with Crippen LogP contribution in [-0.4, -0.2) is 74.5 Å². The maximum Gasteiger partial charge on any atom is 0.253 e. The predicted octanol–water partition coefficient (Wildman–Crippen LogP) is 1.82. The molecule has 0 atom stereocenters. The molecule has 0 saturated carbocycles. The van der Waals surface area contributed by atoms with Gasteiger partial charge in [0.15, 0.2) is 0 Å². The molecule has 0 aromatic heterocycles. The Morgan fingerprint density at radius 2 is 1.93 bits per heavy atom. The summed E-state index contributed by atoms with van der Waals surface area (Å²) in [4.78, 5) is 30.9. The molecule has 2 amide bonds. The van der Waals surface area contributed by atoms with E-state index in [1.807, 2.05) is 29.2 Å². The van der Waals surface area contributed by atoms with Crippen LogP contribution in [0.5, 0.6) is 0 Å². The number of unbranched alkanes of at least 4 members (excludes halogenated alkanes) is 1. The Balaban J connectivity index is 1.88. The molecule has 0 aliphatic carbocycles. The average Bonchev–Trinajstić information content (AvgIpc) is 2.95. The molecule has 1 fully saturated rings. The number of amides is 2. The number of hydrogen-bond acceptors (Lipinski definition) is 4. The van der Waals surface area contributed by atoms with Gasteiger partial charge >= 0.3 is 0 Å². The standard InChI is InChI=1S/C22H32N4O2/c1-4-6-13-24(3)20-10-8-19(9-11-20)22(28)26-15-7-14-25(16-17-26)18-21(27)23-12-5-2/h2,8-11H,4,6-7,12-18H2,1,3H3,(H,23,27). The van der Waals surface area contributed by atoms with Gasteiger partial charge in [-0.05, 0) is 37.1 Å². The minimum Gasteiger partial charge on any atom is -0.375 e. The quantitative estimate of drug-likeness (QED) is 0.695. The second kappa shape index (κ2) is 11.4.